The average Bonchev–Trinajstić information content (AvgIpc) is 2.45. The fourth-order valence-corrected chi connectivity index (χ4v) is 0.426. The maximum atomic E-state index is 9.86. The van der Waals surface area contributed by atoms with Crippen LogP contribution in [-0.2, 0) is 14.4 Å². The van der Waals surface area contributed by atoms with Crippen LogP contribution in [0.5, 0.6) is 0 Å². The van der Waals surface area contributed by atoms with Gasteiger partial charge in [0.25, 0.3) is 0 Å². The van der Waals surface area contributed by atoms with E-state index < -0.39 is 17.9 Å². The van der Waals surface area contributed by atoms with E-state index in [0.29, 0.717) is 18.4 Å². The van der Waals surface area contributed by atoms with Crippen molar-refractivity contribution in [3.05, 3.63) is 36.0 Å². The van der Waals surface area contributed by atoms with E-state index >= 15 is 0 Å². The molecular weight excluding hydrogens is 276 g/mol. The minimum Gasteiger partial charge on any atom is -0.478 e. The predicted molar refractivity (Wildman–Crippen MR) is 81.2 cm³/mol. The Morgan fingerprint density at radius 2 is 1.14 bits per heavy atom. The van der Waals surface area contributed by atoms with Crippen LogP contribution in [0.4, 0.5) is 0 Å². The molecule has 0 amide bonds. The largest absolute Gasteiger partial charge is 0.478 e. The molecule has 0 saturated carbocycles. The van der Waals surface area contributed by atoms with Crippen molar-refractivity contribution in [2.75, 3.05) is 0 Å². The van der Waals surface area contributed by atoms with E-state index in [-0.39, 0.29) is 11.1 Å². The maximum absolute atomic E-state index is 9.86. The third-order valence-corrected chi connectivity index (χ3v) is 2.23. The number of allylic oxidation sites excluding steroid dienone is 1. The molecule has 0 aromatic heterocycles. The Hall–Kier alpha value is -2.37. The van der Waals surface area contributed by atoms with Gasteiger partial charge in [0.1, 0.15) is 0 Å². The summed E-state index contributed by atoms with van der Waals surface area (Å²) in [6.45, 7) is 13.3. The molecule has 0 fully saturated rings. The van der Waals surface area contributed by atoms with Crippen molar-refractivity contribution in [1.29, 1.82) is 0 Å². The van der Waals surface area contributed by atoms with Gasteiger partial charge in [-0.1, -0.05) is 33.1 Å². The molecule has 0 saturated heterocycles. The lowest BCUT2D eigenvalue weighted by atomic mass is 10.2. The molecular formula is C15H24O6. The van der Waals surface area contributed by atoms with Crippen LogP contribution in [0.15, 0.2) is 36.0 Å². The van der Waals surface area contributed by atoms with E-state index in [1.807, 2.05) is 0 Å². The fraction of sp³-hybridized carbons (Fsp3) is 0.400. The van der Waals surface area contributed by atoms with Crippen LogP contribution in [0, 0.1) is 0 Å². The van der Waals surface area contributed by atoms with Crippen molar-refractivity contribution in [3.8, 4) is 0 Å². The van der Waals surface area contributed by atoms with Crippen molar-refractivity contribution in [2.45, 2.75) is 40.5 Å². The zero-order valence-electron chi connectivity index (χ0n) is 13.0. The lowest BCUT2D eigenvalue weighted by Crippen LogP contribution is -1.95. The second-order valence-corrected chi connectivity index (χ2v) is 3.80. The Morgan fingerprint density at radius 1 is 0.857 bits per heavy atom. The summed E-state index contributed by atoms with van der Waals surface area (Å²) in [6, 6.07) is 0. The molecule has 120 valence electrons. The van der Waals surface area contributed by atoms with E-state index in [9.17, 15) is 14.4 Å². The normalized spacial score (nSPS) is 9.24. The van der Waals surface area contributed by atoms with Gasteiger partial charge in [0.15, 0.2) is 0 Å². The topological polar surface area (TPSA) is 112 Å². The molecule has 0 aliphatic carbocycles. The summed E-state index contributed by atoms with van der Waals surface area (Å²) in [4.78, 5) is 29.5. The summed E-state index contributed by atoms with van der Waals surface area (Å²) < 4.78 is 0. The van der Waals surface area contributed by atoms with Crippen LogP contribution in [0.1, 0.15) is 40.5 Å². The van der Waals surface area contributed by atoms with Crippen LogP contribution in [0.25, 0.3) is 0 Å². The van der Waals surface area contributed by atoms with Crippen LogP contribution < -0.4 is 0 Å². The van der Waals surface area contributed by atoms with Gasteiger partial charge in [-0.2, -0.15) is 0 Å². The molecule has 0 aliphatic rings. The molecule has 6 nitrogen and oxygen atoms in total. The van der Waals surface area contributed by atoms with Gasteiger partial charge >= 0.3 is 17.9 Å². The maximum Gasteiger partial charge on any atom is 0.330 e. The summed E-state index contributed by atoms with van der Waals surface area (Å²) in [7, 11) is 0. The lowest BCUT2D eigenvalue weighted by Gasteiger charge is -1.87. The minimum atomic E-state index is -0.900. The standard InChI is InChI=1S/3C5H8O2/c3*1-3-4(2)5(6)7/h3H,1-2H3,(H,6,7);2*2-3H2,1H3,(H,6,7). The first-order valence-corrected chi connectivity index (χ1v) is 6.23. The molecule has 0 atom stereocenters. The fourth-order valence-electron chi connectivity index (χ4n) is 0.426. The number of hydrogen-bond acceptors (Lipinski definition) is 3. The number of carboxylic acids is 3. The average molecular weight is 300 g/mol. The van der Waals surface area contributed by atoms with Gasteiger partial charge in [-0.15, -0.1) is 0 Å². The van der Waals surface area contributed by atoms with Crippen LogP contribution in [0.2, 0.25) is 0 Å². The van der Waals surface area contributed by atoms with Gasteiger partial charge in [0, 0.05) is 16.7 Å². The van der Waals surface area contributed by atoms with E-state index in [0.717, 1.165) is 0 Å². The zero-order chi connectivity index (χ0) is 17.6. The highest BCUT2D eigenvalue weighted by Crippen LogP contribution is 1.93. The molecule has 0 bridgehead atoms. The molecule has 0 radical (unpaired) electrons. The molecule has 3 N–H and O–H groups in total. The van der Waals surface area contributed by atoms with Gasteiger partial charge in [0.2, 0.25) is 0 Å². The van der Waals surface area contributed by atoms with Crippen molar-refractivity contribution < 1.29 is 29.7 Å². The Bertz CT molecular complexity index is 392. The van der Waals surface area contributed by atoms with Gasteiger partial charge in [-0.25, -0.2) is 14.4 Å². The Morgan fingerprint density at radius 3 is 1.14 bits per heavy atom. The first-order chi connectivity index (χ1) is 9.54. The monoisotopic (exact) mass is 300 g/mol. The second kappa shape index (κ2) is 14.0. The van der Waals surface area contributed by atoms with Crippen molar-refractivity contribution >= 4 is 17.9 Å². The van der Waals surface area contributed by atoms with Crippen molar-refractivity contribution in [3.63, 3.8) is 0 Å². The first kappa shape index (κ1) is 23.7. The molecule has 0 aromatic carbocycles. The highest BCUT2D eigenvalue weighted by atomic mass is 16.4. The quantitative estimate of drug-likeness (QED) is 0.672. The Labute approximate surface area is 125 Å². The van der Waals surface area contributed by atoms with Gasteiger partial charge in [-0.05, 0) is 26.7 Å². The molecule has 0 rings (SSSR count). The molecule has 21 heavy (non-hydrogen) atoms. The second-order valence-electron chi connectivity index (χ2n) is 3.80. The third-order valence-electron chi connectivity index (χ3n) is 2.23. The van der Waals surface area contributed by atoms with Crippen LogP contribution in [-0.4, -0.2) is 33.2 Å². The van der Waals surface area contributed by atoms with Crippen LogP contribution >= 0.6 is 0 Å². The molecule has 0 spiro atoms. The highest BCUT2D eigenvalue weighted by Gasteiger charge is 1.97. The highest BCUT2D eigenvalue weighted by molar-refractivity contribution is 5.86. The summed E-state index contributed by atoms with van der Waals surface area (Å²) in [5.74, 6) is -2.65. The first-order valence-electron chi connectivity index (χ1n) is 6.23. The van der Waals surface area contributed by atoms with E-state index in [4.69, 9.17) is 15.3 Å². The smallest absolute Gasteiger partial charge is 0.330 e. The van der Waals surface area contributed by atoms with E-state index in [2.05, 4.69) is 13.2 Å². The molecule has 0 aromatic rings. The third kappa shape index (κ3) is 17.6. The lowest BCUT2D eigenvalue weighted by molar-refractivity contribution is -0.133. The molecule has 0 aliphatic heterocycles. The van der Waals surface area contributed by atoms with Crippen molar-refractivity contribution in [1.82, 2.24) is 0 Å². The summed E-state index contributed by atoms with van der Waals surface area (Å²) >= 11 is 0. The Kier molecular flexibility index (Phi) is 15.9. The van der Waals surface area contributed by atoms with Gasteiger partial charge < -0.3 is 15.3 Å². The summed E-state index contributed by atoms with van der Waals surface area (Å²) in [5, 5.41) is 24.3. The Balaban J connectivity index is -0.000000231. The number of aliphatic carboxylic acids is 3. The molecule has 0 unspecified atom stereocenters. The van der Waals surface area contributed by atoms with E-state index in [1.165, 1.54) is 0 Å². The predicted octanol–water partition coefficient (Wildman–Crippen LogP) is 3.11. The van der Waals surface area contributed by atoms with E-state index in [1.54, 1.807) is 33.8 Å². The number of rotatable bonds is 5. The number of carbonyl (C=O) groups is 3. The number of hydrogen-bond donors (Lipinski definition) is 3. The summed E-state index contributed by atoms with van der Waals surface area (Å²) in [5.41, 5.74) is 0.917. The molecule has 6 heteroatoms. The summed E-state index contributed by atoms with van der Waals surface area (Å²) in [6.07, 6.45) is 2.60. The van der Waals surface area contributed by atoms with Gasteiger partial charge in [0.05, 0.1) is 0 Å². The SMILES string of the molecule is C=C(CC)C(=O)O.C=C(CC)C(=O)O.CC=C(C)C(=O)O. The minimum absolute atomic E-state index is 0.264. The van der Waals surface area contributed by atoms with Crippen LogP contribution in [0.3, 0.4) is 0 Å². The number of carboxylic acid groups (broad SMARTS) is 3. The van der Waals surface area contributed by atoms with Crippen molar-refractivity contribution in [2.24, 2.45) is 0 Å². The zero-order valence-corrected chi connectivity index (χ0v) is 13.0. The molecule has 0 heterocycles. The van der Waals surface area contributed by atoms with Gasteiger partial charge in [-0.3, -0.25) is 0 Å².